The van der Waals surface area contributed by atoms with Crippen LogP contribution < -0.4 is 15.0 Å². The van der Waals surface area contributed by atoms with Gasteiger partial charge in [0.25, 0.3) is 0 Å². The fourth-order valence-corrected chi connectivity index (χ4v) is 15.4. The second kappa shape index (κ2) is 18.3. The molecule has 1 unspecified atom stereocenters. The van der Waals surface area contributed by atoms with E-state index in [-0.39, 0.29) is 0 Å². The van der Waals surface area contributed by atoms with Crippen LogP contribution in [0.1, 0.15) is 33.4 Å². The zero-order chi connectivity index (χ0) is 56.9. The van der Waals surface area contributed by atoms with Crippen molar-refractivity contribution in [2.24, 2.45) is 0 Å². The summed E-state index contributed by atoms with van der Waals surface area (Å²) in [7, 11) is -1.80. The summed E-state index contributed by atoms with van der Waals surface area (Å²) in [6, 6.07) is 90.0. The number of aryl methyl sites for hydroxylation is 2. The molecule has 0 saturated heterocycles. The van der Waals surface area contributed by atoms with E-state index in [2.05, 4.69) is 280 Å². The lowest BCUT2D eigenvalue weighted by atomic mass is 9.66. The maximum absolute atomic E-state index is 7.67. The molecular formula is C78H56N2O4Si. The Labute approximate surface area is 492 Å². The first kappa shape index (κ1) is 49.3. The summed E-state index contributed by atoms with van der Waals surface area (Å²) in [5.74, 6) is 0. The molecule has 17 rings (SSSR count). The maximum atomic E-state index is 7.67. The van der Waals surface area contributed by atoms with E-state index in [0.29, 0.717) is 0 Å². The van der Waals surface area contributed by atoms with Crippen LogP contribution in [0.3, 0.4) is 0 Å². The molecule has 1 aliphatic rings. The number of nitrogens with zero attached hydrogens (tertiary/aromatic N) is 2. The molecule has 16 aromatic rings. The average molecular weight is 1110 g/mol. The van der Waals surface area contributed by atoms with Gasteiger partial charge in [-0.3, -0.25) is 0 Å². The molecule has 12 aromatic carbocycles. The summed E-state index contributed by atoms with van der Waals surface area (Å²) >= 11 is 0. The summed E-state index contributed by atoms with van der Waals surface area (Å²) in [5.41, 5.74) is 20.0. The number of fused-ring (bicyclic) bond motifs is 17. The van der Waals surface area contributed by atoms with Crippen molar-refractivity contribution in [2.75, 3.05) is 9.80 Å². The second-order valence-electron chi connectivity index (χ2n) is 24.0. The lowest BCUT2D eigenvalue weighted by molar-refractivity contribution is 0.666. The molecule has 0 fully saturated rings. The normalized spacial score (nSPS) is 14.2. The van der Waals surface area contributed by atoms with E-state index in [1.165, 1.54) is 21.9 Å². The maximum Gasteiger partial charge on any atom is 0.160 e. The molecule has 1 aliphatic carbocycles. The molecule has 7 heteroatoms. The minimum atomic E-state index is -1.80. The quantitative estimate of drug-likeness (QED) is 0.134. The number of rotatable bonds is 9. The van der Waals surface area contributed by atoms with Crippen molar-refractivity contribution in [1.29, 1.82) is 0 Å². The van der Waals surface area contributed by atoms with Gasteiger partial charge < -0.3 is 27.5 Å². The highest BCUT2D eigenvalue weighted by Crippen LogP contribution is 2.65. The van der Waals surface area contributed by atoms with Gasteiger partial charge in [0.2, 0.25) is 0 Å². The third kappa shape index (κ3) is 7.11. The van der Waals surface area contributed by atoms with Gasteiger partial charge in [0.05, 0.1) is 41.6 Å². The van der Waals surface area contributed by atoms with Crippen LogP contribution in [0.2, 0.25) is 19.6 Å². The largest absolute Gasteiger partial charge is 0.455 e. The zero-order valence-corrected chi connectivity index (χ0v) is 48.7. The Balaban J connectivity index is 1.10. The Morgan fingerprint density at radius 3 is 1.34 bits per heavy atom. The van der Waals surface area contributed by atoms with Gasteiger partial charge in [-0.2, -0.15) is 0 Å². The van der Waals surface area contributed by atoms with E-state index >= 15 is 0 Å². The molecule has 6 nitrogen and oxygen atoms in total. The fourth-order valence-electron chi connectivity index (χ4n) is 14.3. The first-order valence-electron chi connectivity index (χ1n) is 29.3. The average Bonchev–Trinajstić information content (AvgIpc) is 1.52. The molecule has 4 aromatic heterocycles. The Bertz CT molecular complexity index is 5390. The molecule has 0 amide bonds. The topological polar surface area (TPSA) is 59.0 Å². The van der Waals surface area contributed by atoms with Gasteiger partial charge in [0, 0.05) is 60.2 Å². The van der Waals surface area contributed by atoms with Crippen LogP contribution in [0.5, 0.6) is 0 Å². The van der Waals surface area contributed by atoms with Crippen molar-refractivity contribution in [1.82, 2.24) is 0 Å². The highest BCUT2D eigenvalue weighted by Gasteiger charge is 2.51. The van der Waals surface area contributed by atoms with Crippen molar-refractivity contribution < 1.29 is 17.7 Å². The van der Waals surface area contributed by atoms with Crippen molar-refractivity contribution >= 4 is 135 Å². The van der Waals surface area contributed by atoms with E-state index < -0.39 is 13.5 Å². The lowest BCUT2D eigenvalue weighted by Gasteiger charge is -2.37. The minimum absolute atomic E-state index is 0.754. The Morgan fingerprint density at radius 2 is 0.776 bits per heavy atom. The Kier molecular flexibility index (Phi) is 10.6. The number of furan rings is 4. The van der Waals surface area contributed by atoms with Gasteiger partial charge in [0.15, 0.2) is 16.7 Å². The van der Waals surface area contributed by atoms with Crippen molar-refractivity contribution in [3.05, 3.63) is 282 Å². The molecule has 0 N–H and O–H groups in total. The number of anilines is 6. The first-order chi connectivity index (χ1) is 41.6. The fraction of sp³-hybridized carbons (Fsp3) is 0.0769. The van der Waals surface area contributed by atoms with Crippen LogP contribution in [-0.2, 0) is 5.41 Å². The van der Waals surface area contributed by atoms with Gasteiger partial charge in [-0.1, -0.05) is 206 Å². The molecule has 85 heavy (non-hydrogen) atoms. The molecule has 0 radical (unpaired) electrons. The molecule has 406 valence electrons. The van der Waals surface area contributed by atoms with E-state index in [1.807, 2.05) is 12.1 Å². The molecule has 4 heterocycles. The minimum Gasteiger partial charge on any atom is -0.455 e. The van der Waals surface area contributed by atoms with E-state index in [9.17, 15) is 0 Å². The van der Waals surface area contributed by atoms with E-state index in [4.69, 9.17) is 17.7 Å². The number of benzene rings is 12. The van der Waals surface area contributed by atoms with Gasteiger partial charge in [0.1, 0.15) is 27.9 Å². The summed E-state index contributed by atoms with van der Waals surface area (Å²) < 4.78 is 29.2. The number of hydrogen-bond donors (Lipinski definition) is 0. The van der Waals surface area contributed by atoms with Crippen molar-refractivity contribution in [3.8, 4) is 11.1 Å². The van der Waals surface area contributed by atoms with E-state index in [0.717, 1.165) is 150 Å². The SMILES string of the molecule is Cc1ccc(C)c(C2(c3ccc([Si](C)(C)C)cc3)c3cc(N(c4ccccc4)c4cccc5c4oc4ccccc45)c4c(oc5ccccc54)c3-c3c2cc(N(c2ccccc2)c2cccc4c2oc2ccccc24)c2oc4ccccc4c32)c1. The summed E-state index contributed by atoms with van der Waals surface area (Å²) in [5, 5.41) is 9.64. The third-order valence-corrected chi connectivity index (χ3v) is 20.1. The van der Waals surface area contributed by atoms with Crippen molar-refractivity contribution in [2.45, 2.75) is 38.9 Å². The van der Waals surface area contributed by atoms with Crippen molar-refractivity contribution in [3.63, 3.8) is 0 Å². The van der Waals surface area contributed by atoms with Gasteiger partial charge in [-0.25, -0.2) is 0 Å². The standard InChI is InChI=1S/C78H56N2O4Si/c1-47-38-39-48(2)59(44-47)78(49-40-42-52(43-41-49)85(3,4)5)60-46-65(80(51-24-10-7-11-25-51)63-33-21-31-56-54-27-13-17-35-67(54)82-75(56)63)76-71(58-29-15-19-37-69(58)83-76)72(60)73-61(78)45-64(70-57-28-14-18-36-68(57)84-77(70)73)79(50-22-8-6-9-23-50)62-32-20-30-55-53-26-12-16-34-66(53)81-74(55)62/h6-46H,1-5H3. The molecule has 0 saturated carbocycles. The summed E-state index contributed by atoms with van der Waals surface area (Å²) in [6.45, 7) is 11.8. The van der Waals surface area contributed by atoms with Crippen LogP contribution in [0.4, 0.5) is 34.1 Å². The number of hydrogen-bond acceptors (Lipinski definition) is 6. The summed E-state index contributed by atoms with van der Waals surface area (Å²) in [4.78, 5) is 4.79. The predicted molar refractivity (Wildman–Crippen MR) is 355 cm³/mol. The third-order valence-electron chi connectivity index (χ3n) is 18.1. The van der Waals surface area contributed by atoms with Crippen LogP contribution in [0, 0.1) is 13.8 Å². The number of para-hydroxylation sites is 8. The van der Waals surface area contributed by atoms with Crippen LogP contribution >= 0.6 is 0 Å². The summed E-state index contributed by atoms with van der Waals surface area (Å²) in [6.07, 6.45) is 0. The second-order valence-corrected chi connectivity index (χ2v) is 29.1. The molecular weight excluding hydrogens is 1060 g/mol. The highest BCUT2D eigenvalue weighted by atomic mass is 28.3. The Hall–Kier alpha value is -10.3. The monoisotopic (exact) mass is 1110 g/mol. The first-order valence-corrected chi connectivity index (χ1v) is 32.8. The zero-order valence-electron chi connectivity index (χ0n) is 47.7. The van der Waals surface area contributed by atoms with E-state index in [1.54, 1.807) is 0 Å². The van der Waals surface area contributed by atoms with Gasteiger partial charge in [-0.05, 0) is 114 Å². The highest BCUT2D eigenvalue weighted by molar-refractivity contribution is 6.88. The Morgan fingerprint density at radius 1 is 0.329 bits per heavy atom. The molecule has 1 atom stereocenters. The smallest absolute Gasteiger partial charge is 0.160 e. The van der Waals surface area contributed by atoms with Crippen LogP contribution in [0.25, 0.3) is 98.9 Å². The van der Waals surface area contributed by atoms with Gasteiger partial charge >= 0.3 is 0 Å². The van der Waals surface area contributed by atoms with Crippen LogP contribution in [0.15, 0.2) is 266 Å². The van der Waals surface area contributed by atoms with Gasteiger partial charge in [-0.15, -0.1) is 0 Å². The molecule has 0 spiro atoms. The molecule has 0 bridgehead atoms. The lowest BCUT2D eigenvalue weighted by Crippen LogP contribution is -2.38. The predicted octanol–water partition coefficient (Wildman–Crippen LogP) is 21.7. The molecule has 0 aliphatic heterocycles. The van der Waals surface area contributed by atoms with Crippen LogP contribution in [-0.4, -0.2) is 8.07 Å².